The van der Waals surface area contributed by atoms with E-state index in [2.05, 4.69) is 64.2 Å². The normalized spacial score (nSPS) is 20.8. The minimum Gasteiger partial charge on any atom is -0.478 e. The van der Waals surface area contributed by atoms with E-state index in [1.807, 2.05) is 12.1 Å². The largest absolute Gasteiger partial charge is 0.478 e. The maximum absolute atomic E-state index is 11.1. The lowest BCUT2D eigenvalue weighted by Gasteiger charge is -2.41. The van der Waals surface area contributed by atoms with Gasteiger partial charge in [0.15, 0.2) is 8.32 Å². The van der Waals surface area contributed by atoms with Gasteiger partial charge in [0.05, 0.1) is 11.7 Å². The third kappa shape index (κ3) is 5.41. The number of benzene rings is 2. The molecule has 0 amide bonds. The molecule has 1 saturated carbocycles. The number of carboxylic acid groups (broad SMARTS) is 1. The summed E-state index contributed by atoms with van der Waals surface area (Å²) in [6.45, 7) is 11.6. The predicted octanol–water partition coefficient (Wildman–Crippen LogP) is 7.11. The van der Waals surface area contributed by atoms with Crippen molar-refractivity contribution in [1.82, 2.24) is 0 Å². The van der Waals surface area contributed by atoms with Crippen molar-refractivity contribution < 1.29 is 14.3 Å². The van der Waals surface area contributed by atoms with Gasteiger partial charge in [0.25, 0.3) is 0 Å². The third-order valence-corrected chi connectivity index (χ3v) is 11.5. The molecule has 0 spiro atoms. The summed E-state index contributed by atoms with van der Waals surface area (Å²) in [5.41, 5.74) is 2.89. The Morgan fingerprint density at radius 1 is 1.07 bits per heavy atom. The van der Waals surface area contributed by atoms with Crippen molar-refractivity contribution in [3.63, 3.8) is 0 Å². The first kappa shape index (κ1) is 22.8. The highest BCUT2D eigenvalue weighted by atomic mass is 28.4. The van der Waals surface area contributed by atoms with E-state index in [1.54, 1.807) is 12.1 Å². The van der Waals surface area contributed by atoms with Crippen LogP contribution in [0, 0.1) is 11.8 Å². The number of aromatic carboxylic acids is 1. The Morgan fingerprint density at radius 2 is 1.70 bits per heavy atom. The maximum atomic E-state index is 11.1. The van der Waals surface area contributed by atoms with E-state index in [0.717, 1.165) is 12.8 Å². The van der Waals surface area contributed by atoms with E-state index in [4.69, 9.17) is 9.53 Å². The monoisotopic (exact) mass is 424 g/mol. The Labute approximate surface area is 182 Å². The van der Waals surface area contributed by atoms with Crippen molar-refractivity contribution in [1.29, 1.82) is 0 Å². The Kier molecular flexibility index (Phi) is 6.88. The molecule has 0 unspecified atom stereocenters. The van der Waals surface area contributed by atoms with Crippen molar-refractivity contribution in [2.75, 3.05) is 0 Å². The van der Waals surface area contributed by atoms with Gasteiger partial charge in [-0.1, -0.05) is 63.2 Å². The van der Waals surface area contributed by atoms with Gasteiger partial charge in [-0.15, -0.1) is 0 Å². The van der Waals surface area contributed by atoms with Gasteiger partial charge in [-0.3, -0.25) is 0 Å². The Balaban J connectivity index is 1.73. The van der Waals surface area contributed by atoms with Gasteiger partial charge in [-0.25, -0.2) is 4.79 Å². The molecule has 0 bridgehead atoms. The van der Waals surface area contributed by atoms with Crippen molar-refractivity contribution in [2.24, 2.45) is 11.8 Å². The molecular formula is C26H36O3Si. The number of hydrogen-bond acceptors (Lipinski definition) is 2. The molecule has 2 aromatic carbocycles. The van der Waals surface area contributed by atoms with Crippen LogP contribution in [0.5, 0.6) is 0 Å². The molecule has 0 heterocycles. The minimum absolute atomic E-state index is 0.159. The molecular weight excluding hydrogens is 388 g/mol. The summed E-state index contributed by atoms with van der Waals surface area (Å²) in [4.78, 5) is 11.1. The lowest BCUT2D eigenvalue weighted by atomic mass is 9.91. The van der Waals surface area contributed by atoms with Gasteiger partial charge in [0, 0.05) is 0 Å². The number of carboxylic acids is 1. The molecule has 0 radical (unpaired) electrons. The zero-order valence-electron chi connectivity index (χ0n) is 19.0. The predicted molar refractivity (Wildman–Crippen MR) is 125 cm³/mol. The van der Waals surface area contributed by atoms with E-state index in [0.29, 0.717) is 17.4 Å². The molecule has 2 aromatic rings. The number of rotatable bonds is 7. The van der Waals surface area contributed by atoms with Gasteiger partial charge in [-0.2, -0.15) is 0 Å². The topological polar surface area (TPSA) is 46.5 Å². The van der Waals surface area contributed by atoms with Gasteiger partial charge in [-0.05, 0) is 78.9 Å². The molecule has 3 atom stereocenters. The summed E-state index contributed by atoms with van der Waals surface area (Å²) < 4.78 is 6.99. The highest BCUT2D eigenvalue weighted by Gasteiger charge is 2.42. The van der Waals surface area contributed by atoms with Gasteiger partial charge in [0.2, 0.25) is 0 Å². The summed E-state index contributed by atoms with van der Waals surface area (Å²) in [7, 11) is -1.89. The Morgan fingerprint density at radius 3 is 2.27 bits per heavy atom. The second-order valence-corrected chi connectivity index (χ2v) is 15.1. The second-order valence-electron chi connectivity index (χ2n) is 10.4. The van der Waals surface area contributed by atoms with Crippen LogP contribution in [0.3, 0.4) is 0 Å². The fraction of sp³-hybridized carbons (Fsp3) is 0.500. The standard InChI is InChI=1S/C26H36O3Si/c1-26(2,3)30(4,5)29-24(21-9-7-6-8-10-21)23-16-13-20(18-23)17-19-11-14-22(15-12-19)25(27)28/h6-12,14-15,20,23-24H,13,16-18H2,1-5H3,(H,27,28)/t20-,23-,24+/m0/s1. The first-order valence-electron chi connectivity index (χ1n) is 11.1. The average Bonchev–Trinajstić information content (AvgIpc) is 3.14. The van der Waals surface area contributed by atoms with Crippen LogP contribution in [-0.2, 0) is 10.8 Å². The highest BCUT2D eigenvalue weighted by molar-refractivity contribution is 6.74. The van der Waals surface area contributed by atoms with Crippen LogP contribution in [0.4, 0.5) is 0 Å². The zero-order chi connectivity index (χ0) is 21.9. The van der Waals surface area contributed by atoms with Crippen LogP contribution < -0.4 is 0 Å². The average molecular weight is 425 g/mol. The molecule has 0 aromatic heterocycles. The van der Waals surface area contributed by atoms with Gasteiger partial charge in [0.1, 0.15) is 0 Å². The lowest BCUT2D eigenvalue weighted by Crippen LogP contribution is -2.43. The molecule has 1 fully saturated rings. The Hall–Kier alpha value is -1.91. The quantitative estimate of drug-likeness (QED) is 0.482. The van der Waals surface area contributed by atoms with Crippen LogP contribution in [0.25, 0.3) is 0 Å². The molecule has 3 nitrogen and oxygen atoms in total. The SMILES string of the molecule is CC(C)(C)[Si](C)(C)O[C@H](c1ccccc1)[C@H]1CC[C@@H](Cc2ccc(C(=O)O)cc2)C1. The molecule has 30 heavy (non-hydrogen) atoms. The molecule has 3 rings (SSSR count). The number of hydrogen-bond donors (Lipinski definition) is 1. The molecule has 1 aliphatic rings. The van der Waals surface area contributed by atoms with Crippen LogP contribution in [-0.4, -0.2) is 19.4 Å². The fourth-order valence-corrected chi connectivity index (χ4v) is 5.58. The van der Waals surface area contributed by atoms with E-state index >= 15 is 0 Å². The van der Waals surface area contributed by atoms with E-state index in [9.17, 15) is 4.79 Å². The molecule has 0 aliphatic heterocycles. The van der Waals surface area contributed by atoms with Crippen LogP contribution in [0.2, 0.25) is 18.1 Å². The first-order chi connectivity index (χ1) is 14.1. The van der Waals surface area contributed by atoms with Crippen molar-refractivity contribution in [3.8, 4) is 0 Å². The highest BCUT2D eigenvalue weighted by Crippen LogP contribution is 2.47. The smallest absolute Gasteiger partial charge is 0.335 e. The fourth-order valence-electron chi connectivity index (χ4n) is 4.26. The summed E-state index contributed by atoms with van der Waals surface area (Å²) in [6, 6.07) is 18.1. The van der Waals surface area contributed by atoms with Crippen molar-refractivity contribution in [2.45, 2.75) is 70.7 Å². The Bertz CT molecular complexity index is 837. The molecule has 0 saturated heterocycles. The molecule has 162 valence electrons. The van der Waals surface area contributed by atoms with Crippen LogP contribution in [0.1, 0.15) is 67.6 Å². The van der Waals surface area contributed by atoms with Gasteiger partial charge < -0.3 is 9.53 Å². The second kappa shape index (κ2) is 9.07. The van der Waals surface area contributed by atoms with Crippen LogP contribution in [0.15, 0.2) is 54.6 Å². The zero-order valence-corrected chi connectivity index (χ0v) is 20.0. The molecule has 4 heteroatoms. The summed E-state index contributed by atoms with van der Waals surface area (Å²) >= 11 is 0. The minimum atomic E-state index is -1.89. The third-order valence-electron chi connectivity index (χ3n) is 7.09. The molecule has 1 aliphatic carbocycles. The summed E-state index contributed by atoms with van der Waals surface area (Å²) in [6.07, 6.45) is 4.72. The van der Waals surface area contributed by atoms with Crippen molar-refractivity contribution in [3.05, 3.63) is 71.3 Å². The van der Waals surface area contributed by atoms with Gasteiger partial charge >= 0.3 is 5.97 Å². The number of carbonyl (C=O) groups is 1. The first-order valence-corrected chi connectivity index (χ1v) is 14.0. The lowest BCUT2D eigenvalue weighted by molar-refractivity contribution is 0.0697. The van der Waals surface area contributed by atoms with Crippen molar-refractivity contribution >= 4 is 14.3 Å². The van der Waals surface area contributed by atoms with E-state index in [-0.39, 0.29) is 11.1 Å². The van der Waals surface area contributed by atoms with E-state index < -0.39 is 14.3 Å². The van der Waals surface area contributed by atoms with E-state index in [1.165, 1.54) is 24.0 Å². The maximum Gasteiger partial charge on any atom is 0.335 e. The molecule has 1 N–H and O–H groups in total. The summed E-state index contributed by atoms with van der Waals surface area (Å²) in [5.74, 6) is 0.292. The summed E-state index contributed by atoms with van der Waals surface area (Å²) in [5, 5.41) is 9.29. The van der Waals surface area contributed by atoms with Crippen LogP contribution >= 0.6 is 0 Å².